The molecule has 36 heavy (non-hydrogen) atoms. The Hall–Kier alpha value is -4.75. The van der Waals surface area contributed by atoms with Crippen LogP contribution in [0.5, 0.6) is 0 Å². The molecular formula is C32H22N4. The summed E-state index contributed by atoms with van der Waals surface area (Å²) in [6, 6.07) is 29.8. The summed E-state index contributed by atoms with van der Waals surface area (Å²) in [5, 5.41) is 10.6. The molecule has 170 valence electrons. The fourth-order valence-electron chi connectivity index (χ4n) is 5.76. The molecule has 1 aliphatic carbocycles. The summed E-state index contributed by atoms with van der Waals surface area (Å²) in [5.74, 6) is 0. The second kappa shape index (κ2) is 7.37. The van der Waals surface area contributed by atoms with Crippen LogP contribution in [0.15, 0.2) is 97.5 Å². The predicted octanol–water partition coefficient (Wildman–Crippen LogP) is 7.42. The number of benzene rings is 3. The number of hydrogen-bond acceptors (Lipinski definition) is 3. The molecule has 0 saturated heterocycles. The highest BCUT2D eigenvalue weighted by Crippen LogP contribution is 2.51. The lowest BCUT2D eigenvalue weighted by molar-refractivity contribution is 0.661. The van der Waals surface area contributed by atoms with Gasteiger partial charge in [-0.25, -0.2) is 0 Å². The molecule has 1 aliphatic rings. The molecule has 3 aromatic carbocycles. The number of pyridine rings is 2. The van der Waals surface area contributed by atoms with Gasteiger partial charge in [-0.05, 0) is 82.4 Å². The predicted molar refractivity (Wildman–Crippen MR) is 144 cm³/mol. The quantitative estimate of drug-likeness (QED) is 0.269. The van der Waals surface area contributed by atoms with Crippen molar-refractivity contribution in [2.75, 3.05) is 0 Å². The Morgan fingerprint density at radius 1 is 0.778 bits per heavy atom. The fourth-order valence-corrected chi connectivity index (χ4v) is 5.76. The molecule has 0 atom stereocenters. The zero-order chi connectivity index (χ0) is 24.4. The molecule has 3 heterocycles. The first-order chi connectivity index (χ1) is 17.6. The van der Waals surface area contributed by atoms with Crippen LogP contribution >= 0.6 is 0 Å². The van der Waals surface area contributed by atoms with Crippen molar-refractivity contribution in [3.8, 4) is 34.0 Å². The lowest BCUT2D eigenvalue weighted by Gasteiger charge is -2.21. The van der Waals surface area contributed by atoms with E-state index in [1.54, 1.807) is 6.20 Å². The molecule has 0 radical (unpaired) electrons. The van der Waals surface area contributed by atoms with Gasteiger partial charge in [-0.3, -0.25) is 9.97 Å². The average molecular weight is 463 g/mol. The molecule has 7 rings (SSSR count). The van der Waals surface area contributed by atoms with Crippen molar-refractivity contribution in [1.82, 2.24) is 14.5 Å². The van der Waals surface area contributed by atoms with E-state index < -0.39 is 0 Å². The summed E-state index contributed by atoms with van der Waals surface area (Å²) in [5.41, 5.74) is 11.9. The second-order valence-electron chi connectivity index (χ2n) is 9.91. The van der Waals surface area contributed by atoms with Crippen molar-refractivity contribution in [1.29, 1.82) is 5.26 Å². The maximum atomic E-state index is 9.50. The van der Waals surface area contributed by atoms with E-state index in [1.165, 1.54) is 22.3 Å². The van der Waals surface area contributed by atoms with Crippen LogP contribution in [0, 0.1) is 11.3 Å². The first-order valence-corrected chi connectivity index (χ1v) is 12.1. The third kappa shape index (κ3) is 2.80. The first kappa shape index (κ1) is 20.6. The van der Waals surface area contributed by atoms with E-state index in [1.807, 2.05) is 36.7 Å². The molecule has 0 saturated carbocycles. The molecule has 6 aromatic rings. The van der Waals surface area contributed by atoms with Gasteiger partial charge in [0.15, 0.2) is 0 Å². The van der Waals surface area contributed by atoms with Crippen molar-refractivity contribution in [2.45, 2.75) is 19.3 Å². The Labute approximate surface area is 209 Å². The number of aromatic nitrogens is 3. The van der Waals surface area contributed by atoms with Crippen LogP contribution in [0.1, 0.15) is 30.5 Å². The summed E-state index contributed by atoms with van der Waals surface area (Å²) >= 11 is 0. The molecule has 0 amide bonds. The van der Waals surface area contributed by atoms with Gasteiger partial charge < -0.3 is 4.57 Å². The zero-order valence-corrected chi connectivity index (χ0v) is 20.0. The Bertz CT molecular complexity index is 1870. The number of nitriles is 1. The first-order valence-electron chi connectivity index (χ1n) is 12.1. The van der Waals surface area contributed by atoms with E-state index in [0.717, 1.165) is 38.8 Å². The average Bonchev–Trinajstić information content (AvgIpc) is 3.36. The van der Waals surface area contributed by atoms with E-state index in [9.17, 15) is 5.26 Å². The summed E-state index contributed by atoms with van der Waals surface area (Å²) in [7, 11) is 0. The van der Waals surface area contributed by atoms with Crippen LogP contribution in [0.2, 0.25) is 0 Å². The van der Waals surface area contributed by atoms with Gasteiger partial charge in [0.25, 0.3) is 0 Å². The Morgan fingerprint density at radius 3 is 2.44 bits per heavy atom. The van der Waals surface area contributed by atoms with Crippen molar-refractivity contribution in [2.24, 2.45) is 0 Å². The lowest BCUT2D eigenvalue weighted by Crippen LogP contribution is -2.15. The van der Waals surface area contributed by atoms with Crippen LogP contribution < -0.4 is 0 Å². The van der Waals surface area contributed by atoms with Gasteiger partial charge in [-0.1, -0.05) is 38.1 Å². The normalized spacial score (nSPS) is 13.5. The Morgan fingerprint density at radius 2 is 1.61 bits per heavy atom. The number of fused-ring (bicyclic) bond motifs is 6. The van der Waals surface area contributed by atoms with Gasteiger partial charge in [0.1, 0.15) is 0 Å². The smallest absolute Gasteiger partial charge is 0.0991 e. The minimum Gasteiger partial charge on any atom is -0.308 e. The van der Waals surface area contributed by atoms with Gasteiger partial charge in [0.05, 0.1) is 28.2 Å². The highest BCUT2D eigenvalue weighted by molar-refractivity contribution is 6.09. The minimum atomic E-state index is -0.199. The molecule has 0 aliphatic heterocycles. The van der Waals surface area contributed by atoms with Crippen molar-refractivity contribution in [3.63, 3.8) is 0 Å². The van der Waals surface area contributed by atoms with E-state index in [4.69, 9.17) is 4.98 Å². The van der Waals surface area contributed by atoms with Crippen LogP contribution in [0.25, 0.3) is 49.9 Å². The van der Waals surface area contributed by atoms with E-state index in [-0.39, 0.29) is 5.41 Å². The van der Waals surface area contributed by atoms with E-state index >= 15 is 0 Å². The molecule has 4 nitrogen and oxygen atoms in total. The molecule has 0 fully saturated rings. The largest absolute Gasteiger partial charge is 0.308 e. The van der Waals surface area contributed by atoms with Crippen LogP contribution in [-0.4, -0.2) is 14.5 Å². The molecule has 4 heteroatoms. The number of rotatable bonds is 2. The number of nitrogens with zero attached hydrogens (tertiary/aromatic N) is 4. The molecule has 0 N–H and O–H groups in total. The molecule has 0 spiro atoms. The van der Waals surface area contributed by atoms with Crippen LogP contribution in [0.4, 0.5) is 0 Å². The highest BCUT2D eigenvalue weighted by Gasteiger charge is 2.36. The summed E-state index contributed by atoms with van der Waals surface area (Å²) in [4.78, 5) is 9.11. The van der Waals surface area contributed by atoms with Gasteiger partial charge in [-0.2, -0.15) is 5.26 Å². The third-order valence-electron chi connectivity index (χ3n) is 7.54. The standard InChI is InChI=1S/C32H22N4/c1-32(2)27-14-20(18-33)10-11-24(27)25-17-30-26(16-28(25)32)31-29(9-5-13-35-31)36(30)23-8-3-6-21(15-23)22-7-4-12-34-19-22/h3-17,19H,1-2H3. The molecule has 3 aromatic heterocycles. The Kier molecular flexibility index (Phi) is 4.22. The summed E-state index contributed by atoms with van der Waals surface area (Å²) in [6.45, 7) is 4.49. The van der Waals surface area contributed by atoms with Gasteiger partial charge >= 0.3 is 0 Å². The SMILES string of the molecule is CC1(C)c2cc(C#N)ccc2-c2cc3c(cc21)c1ncccc1n3-c1cccc(-c2cccnc2)c1. The van der Waals surface area contributed by atoms with Gasteiger partial charge in [0, 0.05) is 40.6 Å². The molecule has 0 bridgehead atoms. The van der Waals surface area contributed by atoms with Crippen LogP contribution in [0.3, 0.4) is 0 Å². The minimum absolute atomic E-state index is 0.199. The fraction of sp³-hybridized carbons (Fsp3) is 0.0938. The number of hydrogen-bond donors (Lipinski definition) is 0. The van der Waals surface area contributed by atoms with Crippen molar-refractivity contribution in [3.05, 3.63) is 114 Å². The zero-order valence-electron chi connectivity index (χ0n) is 20.0. The van der Waals surface area contributed by atoms with E-state index in [2.05, 4.69) is 84.1 Å². The monoisotopic (exact) mass is 462 g/mol. The lowest BCUT2D eigenvalue weighted by atomic mass is 9.81. The highest BCUT2D eigenvalue weighted by atomic mass is 15.0. The summed E-state index contributed by atoms with van der Waals surface area (Å²) < 4.78 is 2.31. The van der Waals surface area contributed by atoms with Gasteiger partial charge in [-0.15, -0.1) is 0 Å². The Balaban J connectivity index is 1.54. The molecule has 0 unspecified atom stereocenters. The third-order valence-corrected chi connectivity index (χ3v) is 7.54. The maximum absolute atomic E-state index is 9.50. The van der Waals surface area contributed by atoms with Gasteiger partial charge in [0.2, 0.25) is 0 Å². The van der Waals surface area contributed by atoms with Crippen LogP contribution in [-0.2, 0) is 5.41 Å². The topological polar surface area (TPSA) is 54.5 Å². The summed E-state index contributed by atoms with van der Waals surface area (Å²) in [6.07, 6.45) is 5.56. The van der Waals surface area contributed by atoms with Crippen molar-refractivity contribution >= 4 is 21.9 Å². The van der Waals surface area contributed by atoms with E-state index in [0.29, 0.717) is 5.56 Å². The molecular weight excluding hydrogens is 440 g/mol. The van der Waals surface area contributed by atoms with Crippen molar-refractivity contribution < 1.29 is 0 Å². The second-order valence-corrected chi connectivity index (χ2v) is 9.91. The maximum Gasteiger partial charge on any atom is 0.0991 e.